The Hall–Kier alpha value is -0.120. The fourth-order valence-corrected chi connectivity index (χ4v) is 2.61. The van der Waals surface area contributed by atoms with E-state index in [0.717, 1.165) is 12.6 Å². The molecular formula is C12H24N2O. The first-order chi connectivity index (χ1) is 7.34. The smallest absolute Gasteiger partial charge is 0.0576 e. The van der Waals surface area contributed by atoms with Gasteiger partial charge in [0, 0.05) is 19.2 Å². The molecule has 0 aromatic carbocycles. The van der Waals surface area contributed by atoms with E-state index < -0.39 is 0 Å². The van der Waals surface area contributed by atoms with Crippen molar-refractivity contribution >= 4 is 0 Å². The SMILES string of the molecule is CN1CCC(NCCCC2CCCO2)C1. The van der Waals surface area contributed by atoms with Gasteiger partial charge >= 0.3 is 0 Å². The van der Waals surface area contributed by atoms with E-state index in [2.05, 4.69) is 17.3 Å². The molecule has 2 saturated heterocycles. The summed E-state index contributed by atoms with van der Waals surface area (Å²) >= 11 is 0. The van der Waals surface area contributed by atoms with Crippen molar-refractivity contribution in [3.8, 4) is 0 Å². The van der Waals surface area contributed by atoms with E-state index in [4.69, 9.17) is 4.74 Å². The van der Waals surface area contributed by atoms with Crippen molar-refractivity contribution in [2.75, 3.05) is 33.3 Å². The second kappa shape index (κ2) is 5.83. The molecular weight excluding hydrogens is 188 g/mol. The van der Waals surface area contributed by atoms with E-state index in [9.17, 15) is 0 Å². The Morgan fingerprint density at radius 2 is 2.33 bits per heavy atom. The Balaban J connectivity index is 1.48. The summed E-state index contributed by atoms with van der Waals surface area (Å²) < 4.78 is 5.61. The number of nitrogens with zero attached hydrogens (tertiary/aromatic N) is 1. The van der Waals surface area contributed by atoms with Gasteiger partial charge in [-0.25, -0.2) is 0 Å². The lowest BCUT2D eigenvalue weighted by Crippen LogP contribution is -2.32. The molecule has 0 radical (unpaired) electrons. The van der Waals surface area contributed by atoms with Gasteiger partial charge in [-0.2, -0.15) is 0 Å². The highest BCUT2D eigenvalue weighted by Crippen LogP contribution is 2.16. The Morgan fingerprint density at radius 3 is 3.00 bits per heavy atom. The standard InChI is InChI=1S/C12H24N2O/c1-14-8-6-11(10-14)13-7-2-4-12-5-3-9-15-12/h11-13H,2-10H2,1H3. The molecule has 0 aromatic rings. The van der Waals surface area contributed by atoms with Crippen LogP contribution in [0, 0.1) is 0 Å². The number of ether oxygens (including phenoxy) is 1. The number of likely N-dealkylation sites (tertiary alicyclic amines) is 1. The number of hydrogen-bond donors (Lipinski definition) is 1. The highest BCUT2D eigenvalue weighted by Gasteiger charge is 2.19. The molecule has 15 heavy (non-hydrogen) atoms. The minimum absolute atomic E-state index is 0.568. The summed E-state index contributed by atoms with van der Waals surface area (Å²) in [4.78, 5) is 2.40. The molecule has 2 atom stereocenters. The van der Waals surface area contributed by atoms with Crippen molar-refractivity contribution in [3.63, 3.8) is 0 Å². The first-order valence-corrected chi connectivity index (χ1v) is 6.38. The molecule has 0 bridgehead atoms. The zero-order chi connectivity index (χ0) is 10.5. The van der Waals surface area contributed by atoms with Gasteiger partial charge in [-0.1, -0.05) is 0 Å². The van der Waals surface area contributed by atoms with Crippen molar-refractivity contribution < 1.29 is 4.74 Å². The minimum Gasteiger partial charge on any atom is -0.378 e. The van der Waals surface area contributed by atoms with E-state index >= 15 is 0 Å². The molecule has 2 fully saturated rings. The number of rotatable bonds is 5. The normalized spacial score (nSPS) is 32.6. The molecule has 0 amide bonds. The highest BCUT2D eigenvalue weighted by atomic mass is 16.5. The molecule has 2 rings (SSSR count). The molecule has 0 saturated carbocycles. The van der Waals surface area contributed by atoms with Crippen molar-refractivity contribution in [1.82, 2.24) is 10.2 Å². The molecule has 3 nitrogen and oxygen atoms in total. The van der Waals surface area contributed by atoms with Gasteiger partial charge in [-0.3, -0.25) is 0 Å². The molecule has 0 aliphatic carbocycles. The fraction of sp³-hybridized carbons (Fsp3) is 1.00. The van der Waals surface area contributed by atoms with Crippen LogP contribution >= 0.6 is 0 Å². The van der Waals surface area contributed by atoms with E-state index in [1.54, 1.807) is 0 Å². The molecule has 2 aliphatic rings. The van der Waals surface area contributed by atoms with Crippen molar-refractivity contribution in [3.05, 3.63) is 0 Å². The van der Waals surface area contributed by atoms with Gasteiger partial charge in [0.15, 0.2) is 0 Å². The third-order valence-electron chi connectivity index (χ3n) is 3.55. The second-order valence-corrected chi connectivity index (χ2v) is 4.98. The maximum absolute atomic E-state index is 5.61. The maximum atomic E-state index is 5.61. The predicted molar refractivity (Wildman–Crippen MR) is 62.1 cm³/mol. The largest absolute Gasteiger partial charge is 0.378 e. The zero-order valence-electron chi connectivity index (χ0n) is 9.87. The second-order valence-electron chi connectivity index (χ2n) is 4.98. The summed E-state index contributed by atoms with van der Waals surface area (Å²) in [6.07, 6.45) is 6.95. The first-order valence-electron chi connectivity index (χ1n) is 6.38. The average molecular weight is 212 g/mol. The van der Waals surface area contributed by atoms with E-state index in [-0.39, 0.29) is 0 Å². The maximum Gasteiger partial charge on any atom is 0.0576 e. The van der Waals surface area contributed by atoms with Crippen LogP contribution in [0.15, 0.2) is 0 Å². The van der Waals surface area contributed by atoms with Crippen LogP contribution in [0.4, 0.5) is 0 Å². The van der Waals surface area contributed by atoms with E-state index in [1.807, 2.05) is 0 Å². The van der Waals surface area contributed by atoms with Crippen LogP contribution in [-0.4, -0.2) is 50.3 Å². The number of likely N-dealkylation sites (N-methyl/N-ethyl adjacent to an activating group) is 1. The van der Waals surface area contributed by atoms with Crippen LogP contribution in [0.3, 0.4) is 0 Å². The molecule has 88 valence electrons. The van der Waals surface area contributed by atoms with Crippen LogP contribution in [0.2, 0.25) is 0 Å². The lowest BCUT2D eigenvalue weighted by Gasteiger charge is -2.14. The predicted octanol–water partition coefficient (Wildman–Crippen LogP) is 1.24. The molecule has 3 heteroatoms. The summed E-state index contributed by atoms with van der Waals surface area (Å²) in [5.41, 5.74) is 0. The number of nitrogens with one attached hydrogen (secondary N) is 1. The third-order valence-corrected chi connectivity index (χ3v) is 3.55. The Kier molecular flexibility index (Phi) is 4.42. The van der Waals surface area contributed by atoms with Crippen molar-refractivity contribution in [2.45, 2.75) is 44.2 Å². The summed E-state index contributed by atoms with van der Waals surface area (Å²) in [5.74, 6) is 0. The van der Waals surface area contributed by atoms with Gasteiger partial charge in [0.25, 0.3) is 0 Å². The average Bonchev–Trinajstić information content (AvgIpc) is 2.84. The van der Waals surface area contributed by atoms with Crippen LogP contribution in [0.1, 0.15) is 32.1 Å². The Labute approximate surface area is 93.2 Å². The molecule has 2 heterocycles. The topological polar surface area (TPSA) is 24.5 Å². The van der Waals surface area contributed by atoms with Crippen molar-refractivity contribution in [1.29, 1.82) is 0 Å². The third kappa shape index (κ3) is 3.74. The van der Waals surface area contributed by atoms with E-state index in [0.29, 0.717) is 6.10 Å². The lowest BCUT2D eigenvalue weighted by atomic mass is 10.1. The molecule has 0 spiro atoms. The van der Waals surface area contributed by atoms with Gasteiger partial charge in [-0.05, 0) is 52.2 Å². The molecule has 0 aromatic heterocycles. The summed E-state index contributed by atoms with van der Waals surface area (Å²) in [7, 11) is 2.20. The quantitative estimate of drug-likeness (QED) is 0.694. The summed E-state index contributed by atoms with van der Waals surface area (Å²) in [5, 5.41) is 3.64. The van der Waals surface area contributed by atoms with Crippen LogP contribution in [0.25, 0.3) is 0 Å². The fourth-order valence-electron chi connectivity index (χ4n) is 2.61. The Bertz CT molecular complexity index is 180. The van der Waals surface area contributed by atoms with Gasteiger partial charge in [0.1, 0.15) is 0 Å². The van der Waals surface area contributed by atoms with Crippen LogP contribution in [0.5, 0.6) is 0 Å². The van der Waals surface area contributed by atoms with E-state index in [1.165, 1.54) is 51.7 Å². The highest BCUT2D eigenvalue weighted by molar-refractivity contribution is 4.78. The van der Waals surface area contributed by atoms with Crippen molar-refractivity contribution in [2.24, 2.45) is 0 Å². The lowest BCUT2D eigenvalue weighted by molar-refractivity contribution is 0.102. The monoisotopic (exact) mass is 212 g/mol. The van der Waals surface area contributed by atoms with Gasteiger partial charge in [-0.15, -0.1) is 0 Å². The van der Waals surface area contributed by atoms with Gasteiger partial charge < -0.3 is 15.0 Å². The number of hydrogen-bond acceptors (Lipinski definition) is 3. The first kappa shape index (κ1) is 11.4. The van der Waals surface area contributed by atoms with Crippen LogP contribution < -0.4 is 5.32 Å². The zero-order valence-corrected chi connectivity index (χ0v) is 9.87. The minimum atomic E-state index is 0.568. The Morgan fingerprint density at radius 1 is 1.40 bits per heavy atom. The molecule has 1 N–H and O–H groups in total. The molecule has 2 unspecified atom stereocenters. The van der Waals surface area contributed by atoms with Crippen LogP contribution in [-0.2, 0) is 4.74 Å². The van der Waals surface area contributed by atoms with Gasteiger partial charge in [0.05, 0.1) is 6.10 Å². The summed E-state index contributed by atoms with van der Waals surface area (Å²) in [6.45, 7) is 4.63. The van der Waals surface area contributed by atoms with Gasteiger partial charge in [0.2, 0.25) is 0 Å². The molecule has 2 aliphatic heterocycles. The summed E-state index contributed by atoms with van der Waals surface area (Å²) in [6, 6.07) is 0.736.